The van der Waals surface area contributed by atoms with Crippen molar-refractivity contribution >= 4 is 0 Å². The van der Waals surface area contributed by atoms with Crippen LogP contribution in [0.3, 0.4) is 0 Å². The number of aliphatic hydroxyl groups excluding tert-OH is 4. The number of aromatic hydroxyl groups is 1. The zero-order valence-corrected chi connectivity index (χ0v) is 11.3. The average Bonchev–Trinajstić information content (AvgIpc) is 2.49. The maximum absolute atomic E-state index is 9.84. The standard InChI is InChI=1S/C13H18O8/c1-19-8-4-6(2-3-7(8)15)20-13-12(18)11(17)10(16)9(5-14)21-13/h2-4,9-18H,5H2,1H3/t9?,10?,11-,12-,13?/m0/s1. The van der Waals surface area contributed by atoms with Crippen LogP contribution < -0.4 is 9.47 Å². The van der Waals surface area contributed by atoms with E-state index in [1.807, 2.05) is 0 Å². The third-order valence-electron chi connectivity index (χ3n) is 3.25. The minimum absolute atomic E-state index is 0.0846. The highest BCUT2D eigenvalue weighted by Gasteiger charge is 2.44. The predicted molar refractivity (Wildman–Crippen MR) is 69.1 cm³/mol. The average molecular weight is 302 g/mol. The summed E-state index contributed by atoms with van der Waals surface area (Å²) in [6, 6.07) is 4.12. The fourth-order valence-electron chi connectivity index (χ4n) is 2.03. The molecule has 0 spiro atoms. The van der Waals surface area contributed by atoms with Gasteiger partial charge >= 0.3 is 0 Å². The zero-order valence-electron chi connectivity index (χ0n) is 11.3. The van der Waals surface area contributed by atoms with Gasteiger partial charge < -0.3 is 39.7 Å². The normalized spacial score (nSPS) is 32.7. The Morgan fingerprint density at radius 3 is 2.48 bits per heavy atom. The van der Waals surface area contributed by atoms with E-state index in [-0.39, 0.29) is 17.2 Å². The van der Waals surface area contributed by atoms with Gasteiger partial charge in [-0.15, -0.1) is 0 Å². The highest BCUT2D eigenvalue weighted by molar-refractivity contribution is 5.44. The van der Waals surface area contributed by atoms with E-state index in [0.717, 1.165) is 0 Å². The first-order chi connectivity index (χ1) is 9.97. The Kier molecular flexibility index (Phi) is 4.86. The van der Waals surface area contributed by atoms with Gasteiger partial charge in [0.05, 0.1) is 13.7 Å². The van der Waals surface area contributed by atoms with Crippen LogP contribution in [0, 0.1) is 0 Å². The topological polar surface area (TPSA) is 129 Å². The fraction of sp³-hybridized carbons (Fsp3) is 0.538. The Hall–Kier alpha value is -1.58. The molecule has 0 aliphatic carbocycles. The number of phenols is 1. The molecule has 5 atom stereocenters. The largest absolute Gasteiger partial charge is 0.504 e. The fourth-order valence-corrected chi connectivity index (χ4v) is 2.03. The van der Waals surface area contributed by atoms with E-state index in [9.17, 15) is 20.4 Å². The predicted octanol–water partition coefficient (Wildman–Crippen LogP) is -1.42. The number of hydrogen-bond acceptors (Lipinski definition) is 8. The second kappa shape index (κ2) is 6.46. The Balaban J connectivity index is 2.14. The number of hydrogen-bond donors (Lipinski definition) is 5. The van der Waals surface area contributed by atoms with Crippen molar-refractivity contribution in [2.24, 2.45) is 0 Å². The minimum atomic E-state index is -1.51. The summed E-state index contributed by atoms with van der Waals surface area (Å²) in [4.78, 5) is 0. The first-order valence-corrected chi connectivity index (χ1v) is 6.32. The summed E-state index contributed by atoms with van der Waals surface area (Å²) in [6.07, 6.45) is -6.79. The molecule has 5 N–H and O–H groups in total. The second-order valence-corrected chi connectivity index (χ2v) is 4.65. The molecule has 21 heavy (non-hydrogen) atoms. The van der Waals surface area contributed by atoms with E-state index in [2.05, 4.69) is 0 Å². The molecule has 1 aliphatic rings. The number of rotatable bonds is 4. The van der Waals surface area contributed by atoms with Crippen LogP contribution in [0.2, 0.25) is 0 Å². The number of benzene rings is 1. The SMILES string of the molecule is COc1cc(OC2OC(CO)C(O)[C@H](O)[C@@H]2O)ccc1O. The van der Waals surface area contributed by atoms with Gasteiger partial charge in [0, 0.05) is 6.07 Å². The van der Waals surface area contributed by atoms with E-state index < -0.39 is 37.3 Å². The number of methoxy groups -OCH3 is 1. The Bertz CT molecular complexity index is 477. The Morgan fingerprint density at radius 2 is 1.86 bits per heavy atom. The molecule has 0 amide bonds. The molecule has 0 aromatic heterocycles. The first kappa shape index (κ1) is 15.8. The lowest BCUT2D eigenvalue weighted by atomic mass is 9.99. The summed E-state index contributed by atoms with van der Waals surface area (Å²) in [7, 11) is 1.37. The van der Waals surface area contributed by atoms with E-state index >= 15 is 0 Å². The monoisotopic (exact) mass is 302 g/mol. The molecule has 3 unspecified atom stereocenters. The van der Waals surface area contributed by atoms with Gasteiger partial charge in [0.1, 0.15) is 30.2 Å². The molecule has 1 aromatic carbocycles. The van der Waals surface area contributed by atoms with Crippen molar-refractivity contribution in [2.45, 2.75) is 30.7 Å². The Morgan fingerprint density at radius 1 is 1.14 bits per heavy atom. The van der Waals surface area contributed by atoms with Crippen LogP contribution in [0.15, 0.2) is 18.2 Å². The Labute approximate surface area is 120 Å². The second-order valence-electron chi connectivity index (χ2n) is 4.65. The molecule has 1 heterocycles. The highest BCUT2D eigenvalue weighted by atomic mass is 16.7. The van der Waals surface area contributed by atoms with Crippen LogP contribution in [-0.4, -0.2) is 70.0 Å². The number of phenolic OH excluding ortho intramolecular Hbond substituents is 1. The van der Waals surface area contributed by atoms with Gasteiger partial charge in [0.2, 0.25) is 6.29 Å². The smallest absolute Gasteiger partial charge is 0.229 e. The summed E-state index contributed by atoms with van der Waals surface area (Å²) < 4.78 is 15.5. The minimum Gasteiger partial charge on any atom is -0.504 e. The first-order valence-electron chi connectivity index (χ1n) is 6.32. The summed E-state index contributed by atoms with van der Waals surface area (Å²) in [5.41, 5.74) is 0. The van der Waals surface area contributed by atoms with Crippen molar-refractivity contribution in [3.63, 3.8) is 0 Å². The molecule has 1 aromatic rings. The lowest BCUT2D eigenvalue weighted by Crippen LogP contribution is -2.60. The summed E-state index contributed by atoms with van der Waals surface area (Å²) in [6.45, 7) is -0.538. The maximum Gasteiger partial charge on any atom is 0.229 e. The molecule has 0 bridgehead atoms. The van der Waals surface area contributed by atoms with Gasteiger partial charge in [-0.3, -0.25) is 0 Å². The molecule has 8 nitrogen and oxygen atoms in total. The van der Waals surface area contributed by atoms with E-state index in [1.165, 1.54) is 25.3 Å². The van der Waals surface area contributed by atoms with Gasteiger partial charge in [0.25, 0.3) is 0 Å². The van der Waals surface area contributed by atoms with E-state index in [0.29, 0.717) is 0 Å². The summed E-state index contributed by atoms with van der Waals surface area (Å²) >= 11 is 0. The van der Waals surface area contributed by atoms with Crippen molar-refractivity contribution in [1.29, 1.82) is 0 Å². The van der Waals surface area contributed by atoms with Crippen LogP contribution in [0.25, 0.3) is 0 Å². The summed E-state index contributed by atoms with van der Waals surface area (Å²) in [5.74, 6) is 0.296. The molecule has 2 rings (SSSR count). The molecule has 118 valence electrons. The van der Waals surface area contributed by atoms with Gasteiger partial charge in [0.15, 0.2) is 11.5 Å². The van der Waals surface area contributed by atoms with Gasteiger partial charge in [-0.25, -0.2) is 0 Å². The number of ether oxygens (including phenoxy) is 3. The molecule has 1 aliphatic heterocycles. The molecule has 0 saturated carbocycles. The van der Waals surface area contributed by atoms with Crippen LogP contribution in [0.5, 0.6) is 17.2 Å². The van der Waals surface area contributed by atoms with Gasteiger partial charge in [-0.05, 0) is 12.1 Å². The molecule has 1 saturated heterocycles. The van der Waals surface area contributed by atoms with E-state index in [1.54, 1.807) is 0 Å². The zero-order chi connectivity index (χ0) is 15.6. The van der Waals surface area contributed by atoms with E-state index in [4.69, 9.17) is 19.3 Å². The number of aliphatic hydroxyl groups is 4. The van der Waals surface area contributed by atoms with Crippen molar-refractivity contribution in [2.75, 3.05) is 13.7 Å². The highest BCUT2D eigenvalue weighted by Crippen LogP contribution is 2.31. The van der Waals surface area contributed by atoms with Crippen LogP contribution in [0.4, 0.5) is 0 Å². The van der Waals surface area contributed by atoms with Crippen LogP contribution in [0.1, 0.15) is 0 Å². The van der Waals surface area contributed by atoms with Crippen molar-refractivity contribution in [1.82, 2.24) is 0 Å². The van der Waals surface area contributed by atoms with Crippen molar-refractivity contribution in [3.05, 3.63) is 18.2 Å². The summed E-state index contributed by atoms with van der Waals surface area (Å²) in [5, 5.41) is 47.7. The lowest BCUT2D eigenvalue weighted by Gasteiger charge is -2.39. The van der Waals surface area contributed by atoms with Crippen LogP contribution in [-0.2, 0) is 4.74 Å². The quantitative estimate of drug-likeness (QED) is 0.458. The lowest BCUT2D eigenvalue weighted by molar-refractivity contribution is -0.277. The van der Waals surface area contributed by atoms with Gasteiger partial charge in [-0.2, -0.15) is 0 Å². The molecule has 1 fully saturated rings. The molecule has 8 heteroatoms. The van der Waals surface area contributed by atoms with Gasteiger partial charge in [-0.1, -0.05) is 0 Å². The maximum atomic E-state index is 9.84. The molecular formula is C13H18O8. The third kappa shape index (κ3) is 3.20. The third-order valence-corrected chi connectivity index (χ3v) is 3.25. The van der Waals surface area contributed by atoms with Crippen molar-refractivity contribution in [3.8, 4) is 17.2 Å². The molecular weight excluding hydrogens is 284 g/mol. The molecule has 0 radical (unpaired) electrons. The van der Waals surface area contributed by atoms with Crippen molar-refractivity contribution < 1.29 is 39.7 Å². The van der Waals surface area contributed by atoms with Crippen LogP contribution >= 0.6 is 0 Å².